The van der Waals surface area contributed by atoms with Crippen molar-refractivity contribution in [2.45, 2.75) is 25.8 Å². The second-order valence-electron chi connectivity index (χ2n) is 3.91. The van der Waals surface area contributed by atoms with Crippen LogP contribution in [0.5, 0.6) is 0 Å². The van der Waals surface area contributed by atoms with E-state index in [1.54, 1.807) is 32.2 Å². The molecule has 0 aromatic heterocycles. The third-order valence-electron chi connectivity index (χ3n) is 2.83. The van der Waals surface area contributed by atoms with Gasteiger partial charge in [0.15, 0.2) is 0 Å². The Bertz CT molecular complexity index is 364. The quantitative estimate of drug-likeness (QED) is 0.821. The van der Waals surface area contributed by atoms with Gasteiger partial charge in [0.2, 0.25) is 0 Å². The molecule has 1 aromatic rings. The Balaban J connectivity index is 2.94. The highest BCUT2D eigenvalue weighted by atomic mass is 19.1. The number of rotatable bonds is 4. The van der Waals surface area contributed by atoms with Crippen molar-refractivity contribution < 1.29 is 9.18 Å². The van der Waals surface area contributed by atoms with Crippen LogP contribution in [0, 0.1) is 5.82 Å². The number of benzene rings is 1. The van der Waals surface area contributed by atoms with Crippen molar-refractivity contribution in [2.24, 2.45) is 0 Å². The molecule has 0 unspecified atom stereocenters. The molecule has 1 atom stereocenters. The van der Waals surface area contributed by atoms with Crippen LogP contribution in [0.1, 0.15) is 19.4 Å². The highest BCUT2D eigenvalue weighted by Crippen LogP contribution is 2.16. The predicted molar refractivity (Wildman–Crippen MR) is 58.2 cm³/mol. The Morgan fingerprint density at radius 2 is 2.07 bits per heavy atom. The number of carbonyl (C=O) groups is 1. The van der Waals surface area contributed by atoms with E-state index in [-0.39, 0.29) is 11.6 Å². The van der Waals surface area contributed by atoms with Gasteiger partial charge in [-0.15, -0.1) is 0 Å². The van der Waals surface area contributed by atoms with Gasteiger partial charge in [0.05, 0.1) is 5.54 Å². The van der Waals surface area contributed by atoms with E-state index in [1.807, 2.05) is 0 Å². The van der Waals surface area contributed by atoms with Gasteiger partial charge in [0.1, 0.15) is 11.6 Å². The smallest absolute Gasteiger partial charge is 0.149 e. The molecule has 0 spiro atoms. The first kappa shape index (κ1) is 11.9. The van der Waals surface area contributed by atoms with Crippen LogP contribution in [0.4, 0.5) is 4.39 Å². The minimum absolute atomic E-state index is 0.00764. The van der Waals surface area contributed by atoms with Crippen LogP contribution in [0.2, 0.25) is 0 Å². The number of likely N-dealkylation sites (N-methyl/N-ethyl adjacent to an activating group) is 1. The van der Waals surface area contributed by atoms with E-state index in [2.05, 4.69) is 5.32 Å². The van der Waals surface area contributed by atoms with Crippen molar-refractivity contribution in [2.75, 3.05) is 7.05 Å². The van der Waals surface area contributed by atoms with Crippen LogP contribution < -0.4 is 5.32 Å². The van der Waals surface area contributed by atoms with Crippen molar-refractivity contribution in [3.63, 3.8) is 0 Å². The lowest BCUT2D eigenvalue weighted by Crippen LogP contribution is -2.48. The largest absolute Gasteiger partial charge is 0.308 e. The molecule has 15 heavy (non-hydrogen) atoms. The van der Waals surface area contributed by atoms with E-state index < -0.39 is 5.54 Å². The number of nitrogens with one attached hydrogen (secondary N) is 1. The van der Waals surface area contributed by atoms with E-state index in [0.717, 1.165) is 0 Å². The van der Waals surface area contributed by atoms with Crippen molar-refractivity contribution in [1.29, 1.82) is 0 Å². The predicted octanol–water partition coefficient (Wildman–Crippen LogP) is 1.94. The second-order valence-corrected chi connectivity index (χ2v) is 3.91. The van der Waals surface area contributed by atoms with Crippen LogP contribution in [0.25, 0.3) is 0 Å². The lowest BCUT2D eigenvalue weighted by Gasteiger charge is -2.26. The average Bonchev–Trinajstić information content (AvgIpc) is 2.21. The molecule has 0 fully saturated rings. The molecule has 0 bridgehead atoms. The summed E-state index contributed by atoms with van der Waals surface area (Å²) in [6, 6.07) is 6.53. The molecule has 0 radical (unpaired) electrons. The summed E-state index contributed by atoms with van der Waals surface area (Å²) in [6.07, 6.45) is 0.367. The lowest BCUT2D eigenvalue weighted by atomic mass is 9.89. The Morgan fingerprint density at radius 3 is 2.53 bits per heavy atom. The second kappa shape index (κ2) is 4.53. The summed E-state index contributed by atoms with van der Waals surface area (Å²) in [4.78, 5) is 11.4. The molecular formula is C12H16FNO. The Hall–Kier alpha value is -1.22. The molecule has 0 saturated heterocycles. The molecule has 0 saturated carbocycles. The molecule has 0 aliphatic heterocycles. The first-order chi connectivity index (χ1) is 6.99. The monoisotopic (exact) mass is 209 g/mol. The van der Waals surface area contributed by atoms with Crippen molar-refractivity contribution in [3.8, 4) is 0 Å². The maximum atomic E-state index is 13.4. The Labute approximate surface area is 89.5 Å². The fraction of sp³-hybridized carbons (Fsp3) is 0.417. The molecule has 3 heteroatoms. The van der Waals surface area contributed by atoms with Crippen LogP contribution in [0.15, 0.2) is 24.3 Å². The number of ketones is 1. The van der Waals surface area contributed by atoms with E-state index >= 15 is 0 Å². The zero-order valence-corrected chi connectivity index (χ0v) is 9.30. The van der Waals surface area contributed by atoms with E-state index in [1.165, 1.54) is 13.0 Å². The molecule has 0 heterocycles. The zero-order chi connectivity index (χ0) is 11.5. The summed E-state index contributed by atoms with van der Waals surface area (Å²) in [7, 11) is 1.71. The molecule has 82 valence electrons. The van der Waals surface area contributed by atoms with Crippen LogP contribution in [0.3, 0.4) is 0 Å². The molecule has 1 N–H and O–H groups in total. The SMILES string of the molecule is CN[C@](C)(Cc1ccccc1F)C(C)=O. The summed E-state index contributed by atoms with van der Waals surface area (Å²) in [5, 5.41) is 2.94. The van der Waals surface area contributed by atoms with Gasteiger partial charge in [-0.2, -0.15) is 0 Å². The fourth-order valence-corrected chi connectivity index (χ4v) is 1.41. The highest BCUT2D eigenvalue weighted by Gasteiger charge is 2.28. The van der Waals surface area contributed by atoms with Gasteiger partial charge in [-0.1, -0.05) is 18.2 Å². The summed E-state index contributed by atoms with van der Waals surface area (Å²) in [5.74, 6) is -0.256. The molecule has 2 nitrogen and oxygen atoms in total. The number of Topliss-reactive ketones (excluding diaryl/α,β-unsaturated/α-hetero) is 1. The van der Waals surface area contributed by atoms with Crippen molar-refractivity contribution >= 4 is 5.78 Å². The molecule has 0 amide bonds. The minimum Gasteiger partial charge on any atom is -0.308 e. The van der Waals surface area contributed by atoms with Crippen molar-refractivity contribution in [1.82, 2.24) is 5.32 Å². The summed E-state index contributed by atoms with van der Waals surface area (Å²) < 4.78 is 13.4. The summed E-state index contributed by atoms with van der Waals surface area (Å²) in [5.41, 5.74) is -0.132. The van der Waals surface area contributed by atoms with Gasteiger partial charge in [-0.05, 0) is 32.5 Å². The summed E-state index contributed by atoms with van der Waals surface area (Å²) in [6.45, 7) is 3.29. The number of hydrogen-bond donors (Lipinski definition) is 1. The number of halogens is 1. The highest BCUT2D eigenvalue weighted by molar-refractivity contribution is 5.85. The Morgan fingerprint density at radius 1 is 1.47 bits per heavy atom. The van der Waals surface area contributed by atoms with Gasteiger partial charge in [-0.25, -0.2) is 4.39 Å². The number of carbonyl (C=O) groups excluding carboxylic acids is 1. The molecule has 1 aromatic carbocycles. The lowest BCUT2D eigenvalue weighted by molar-refractivity contribution is -0.122. The van der Waals surface area contributed by atoms with Crippen LogP contribution in [-0.4, -0.2) is 18.4 Å². The topological polar surface area (TPSA) is 29.1 Å². The fourth-order valence-electron chi connectivity index (χ4n) is 1.41. The molecule has 1 rings (SSSR count). The van der Waals surface area contributed by atoms with Gasteiger partial charge in [0.25, 0.3) is 0 Å². The van der Waals surface area contributed by atoms with E-state index in [4.69, 9.17) is 0 Å². The summed E-state index contributed by atoms with van der Waals surface area (Å²) >= 11 is 0. The van der Waals surface area contributed by atoms with Crippen LogP contribution in [-0.2, 0) is 11.2 Å². The van der Waals surface area contributed by atoms with Crippen molar-refractivity contribution in [3.05, 3.63) is 35.6 Å². The maximum Gasteiger partial charge on any atom is 0.149 e. The standard InChI is InChI=1S/C12H16FNO/c1-9(15)12(2,14-3)8-10-6-4-5-7-11(10)13/h4-7,14H,8H2,1-3H3/t12-/m1/s1. The third-order valence-corrected chi connectivity index (χ3v) is 2.83. The van der Waals surface area contributed by atoms with E-state index in [9.17, 15) is 9.18 Å². The van der Waals surface area contributed by atoms with Gasteiger partial charge >= 0.3 is 0 Å². The van der Waals surface area contributed by atoms with E-state index in [0.29, 0.717) is 12.0 Å². The van der Waals surface area contributed by atoms with Gasteiger partial charge in [0, 0.05) is 6.42 Å². The Kier molecular flexibility index (Phi) is 3.58. The number of hydrogen-bond acceptors (Lipinski definition) is 2. The van der Waals surface area contributed by atoms with Crippen LogP contribution >= 0.6 is 0 Å². The molecule has 0 aliphatic carbocycles. The first-order valence-corrected chi connectivity index (χ1v) is 4.93. The normalized spacial score (nSPS) is 14.7. The van der Waals surface area contributed by atoms with Gasteiger partial charge in [-0.3, -0.25) is 4.79 Å². The first-order valence-electron chi connectivity index (χ1n) is 4.93. The minimum atomic E-state index is -0.692. The zero-order valence-electron chi connectivity index (χ0n) is 9.30. The third kappa shape index (κ3) is 2.63. The van der Waals surface area contributed by atoms with Gasteiger partial charge < -0.3 is 5.32 Å². The average molecular weight is 209 g/mol. The molecular weight excluding hydrogens is 193 g/mol. The molecule has 0 aliphatic rings. The maximum absolute atomic E-state index is 13.4.